The highest BCUT2D eigenvalue weighted by atomic mass is 19.3. The van der Waals surface area contributed by atoms with Crippen LogP contribution in [0, 0.1) is 5.41 Å². The van der Waals surface area contributed by atoms with Crippen molar-refractivity contribution in [1.82, 2.24) is 0 Å². The molecule has 4 heteroatoms. The lowest BCUT2D eigenvalue weighted by Gasteiger charge is -2.16. The van der Waals surface area contributed by atoms with E-state index in [-0.39, 0.29) is 5.76 Å². The standard InChI is InChI=1S/C8H12F2O2/c1-8(2,3)6(12)4-5(11)7(9)10/h4,7,12H,1-3H3/b6-4-. The minimum atomic E-state index is -3.05. The Hall–Kier alpha value is -0.930. The van der Waals surface area contributed by atoms with Gasteiger partial charge in [0.15, 0.2) is 0 Å². The van der Waals surface area contributed by atoms with Crippen molar-refractivity contribution >= 4 is 5.78 Å². The molecule has 0 rings (SSSR count). The number of hydrogen-bond acceptors (Lipinski definition) is 2. The number of aliphatic hydroxyl groups is 1. The fourth-order valence-corrected chi connectivity index (χ4v) is 0.414. The maximum atomic E-state index is 11.7. The Morgan fingerprint density at radius 2 is 1.83 bits per heavy atom. The lowest BCUT2D eigenvalue weighted by molar-refractivity contribution is -0.124. The van der Waals surface area contributed by atoms with Gasteiger partial charge in [-0.3, -0.25) is 4.79 Å². The van der Waals surface area contributed by atoms with Gasteiger partial charge in [-0.05, 0) is 0 Å². The molecule has 0 heterocycles. The van der Waals surface area contributed by atoms with Crippen molar-refractivity contribution in [1.29, 1.82) is 0 Å². The minimum absolute atomic E-state index is 0.326. The zero-order valence-electron chi connectivity index (χ0n) is 7.27. The van der Waals surface area contributed by atoms with Crippen molar-refractivity contribution < 1.29 is 18.7 Å². The van der Waals surface area contributed by atoms with Crippen molar-refractivity contribution in [3.8, 4) is 0 Å². The third-order valence-electron chi connectivity index (χ3n) is 1.26. The predicted octanol–water partition coefficient (Wildman–Crippen LogP) is 2.31. The number of alkyl halides is 2. The van der Waals surface area contributed by atoms with E-state index in [2.05, 4.69) is 0 Å². The SMILES string of the molecule is CC(C)(C)/C(O)=C/C(=O)C(F)F. The molecule has 0 aromatic carbocycles. The summed E-state index contributed by atoms with van der Waals surface area (Å²) < 4.78 is 23.3. The lowest BCUT2D eigenvalue weighted by Crippen LogP contribution is -2.14. The highest BCUT2D eigenvalue weighted by molar-refractivity contribution is 5.92. The first-order chi connectivity index (χ1) is 5.25. The van der Waals surface area contributed by atoms with Gasteiger partial charge in [0.2, 0.25) is 5.78 Å². The summed E-state index contributed by atoms with van der Waals surface area (Å²) in [6.07, 6.45) is -2.47. The fraction of sp³-hybridized carbons (Fsp3) is 0.625. The van der Waals surface area contributed by atoms with E-state index in [4.69, 9.17) is 5.11 Å². The summed E-state index contributed by atoms with van der Waals surface area (Å²) in [5.41, 5.74) is -0.662. The molecule has 0 aliphatic heterocycles. The minimum Gasteiger partial charge on any atom is -0.512 e. The van der Waals surface area contributed by atoms with Crippen LogP contribution in [0.4, 0.5) is 8.78 Å². The van der Waals surface area contributed by atoms with Crippen molar-refractivity contribution in [2.24, 2.45) is 5.41 Å². The number of halogens is 2. The third-order valence-corrected chi connectivity index (χ3v) is 1.26. The van der Waals surface area contributed by atoms with Gasteiger partial charge in [0.05, 0.1) is 0 Å². The predicted molar refractivity (Wildman–Crippen MR) is 41.2 cm³/mol. The Bertz CT molecular complexity index is 202. The summed E-state index contributed by atoms with van der Waals surface area (Å²) in [7, 11) is 0. The topological polar surface area (TPSA) is 37.3 Å². The molecular formula is C8H12F2O2. The van der Waals surface area contributed by atoms with Crippen molar-refractivity contribution in [3.05, 3.63) is 11.8 Å². The molecule has 70 valence electrons. The molecule has 12 heavy (non-hydrogen) atoms. The summed E-state index contributed by atoms with van der Waals surface area (Å²) in [5.74, 6) is -1.68. The van der Waals surface area contributed by atoms with E-state index >= 15 is 0 Å². The van der Waals surface area contributed by atoms with Crippen LogP contribution in [0.25, 0.3) is 0 Å². The van der Waals surface area contributed by atoms with Crippen LogP contribution in [0.2, 0.25) is 0 Å². The molecule has 0 saturated heterocycles. The van der Waals surface area contributed by atoms with Gasteiger partial charge < -0.3 is 5.11 Å². The van der Waals surface area contributed by atoms with Gasteiger partial charge in [-0.2, -0.15) is 0 Å². The number of aliphatic hydroxyl groups excluding tert-OH is 1. The molecule has 0 aliphatic carbocycles. The first-order valence-corrected chi connectivity index (χ1v) is 3.48. The molecular weight excluding hydrogens is 166 g/mol. The maximum absolute atomic E-state index is 11.7. The molecule has 1 N–H and O–H groups in total. The van der Waals surface area contributed by atoms with Crippen LogP contribution < -0.4 is 0 Å². The van der Waals surface area contributed by atoms with Gasteiger partial charge in [-0.25, -0.2) is 8.78 Å². The Labute approximate surface area is 69.9 Å². The van der Waals surface area contributed by atoms with Crippen LogP contribution in [0.1, 0.15) is 20.8 Å². The summed E-state index contributed by atoms with van der Waals surface area (Å²) in [5, 5.41) is 9.11. The van der Waals surface area contributed by atoms with Crippen molar-refractivity contribution in [2.75, 3.05) is 0 Å². The number of carbonyl (C=O) groups excluding carboxylic acids is 1. The summed E-state index contributed by atoms with van der Waals surface area (Å²) >= 11 is 0. The van der Waals surface area contributed by atoms with E-state index in [1.807, 2.05) is 0 Å². The first-order valence-electron chi connectivity index (χ1n) is 3.48. The first kappa shape index (κ1) is 11.1. The molecule has 0 aromatic rings. The quantitative estimate of drug-likeness (QED) is 0.520. The fourth-order valence-electron chi connectivity index (χ4n) is 0.414. The number of carbonyl (C=O) groups is 1. The summed E-state index contributed by atoms with van der Waals surface area (Å²) in [4.78, 5) is 10.4. The van der Waals surface area contributed by atoms with Crippen LogP contribution in [-0.4, -0.2) is 17.3 Å². The van der Waals surface area contributed by atoms with Gasteiger partial charge >= 0.3 is 0 Å². The molecule has 0 amide bonds. The third kappa shape index (κ3) is 3.46. The van der Waals surface area contributed by atoms with E-state index in [0.717, 1.165) is 0 Å². The zero-order chi connectivity index (χ0) is 9.94. The monoisotopic (exact) mass is 178 g/mol. The average Bonchev–Trinajstić information content (AvgIpc) is 1.85. The van der Waals surface area contributed by atoms with E-state index in [9.17, 15) is 13.6 Å². The second kappa shape index (κ2) is 3.65. The Kier molecular flexibility index (Phi) is 3.36. The maximum Gasteiger partial charge on any atom is 0.300 e. The number of hydrogen-bond donors (Lipinski definition) is 1. The smallest absolute Gasteiger partial charge is 0.300 e. The van der Waals surface area contributed by atoms with Gasteiger partial charge in [-0.1, -0.05) is 20.8 Å². The Morgan fingerprint density at radius 1 is 1.42 bits per heavy atom. The van der Waals surface area contributed by atoms with Crippen molar-refractivity contribution in [3.63, 3.8) is 0 Å². The average molecular weight is 178 g/mol. The molecule has 0 unspecified atom stereocenters. The summed E-state index contributed by atoms with van der Waals surface area (Å²) in [6.45, 7) is 4.87. The molecule has 2 nitrogen and oxygen atoms in total. The molecule has 0 fully saturated rings. The molecule has 0 radical (unpaired) electrons. The van der Waals surface area contributed by atoms with Gasteiger partial charge in [0.1, 0.15) is 5.76 Å². The normalized spacial score (nSPS) is 13.7. The summed E-state index contributed by atoms with van der Waals surface area (Å²) in [6, 6.07) is 0. The van der Waals surface area contributed by atoms with Crippen LogP contribution in [0.3, 0.4) is 0 Å². The molecule has 0 aliphatic rings. The van der Waals surface area contributed by atoms with E-state index in [0.29, 0.717) is 6.08 Å². The molecule has 0 spiro atoms. The van der Waals surface area contributed by atoms with Gasteiger partial charge in [0, 0.05) is 11.5 Å². The van der Waals surface area contributed by atoms with Crippen LogP contribution in [0.5, 0.6) is 0 Å². The van der Waals surface area contributed by atoms with Crippen LogP contribution in [-0.2, 0) is 4.79 Å². The second-order valence-electron chi connectivity index (χ2n) is 3.48. The highest BCUT2D eigenvalue weighted by Crippen LogP contribution is 2.22. The Morgan fingerprint density at radius 3 is 2.08 bits per heavy atom. The van der Waals surface area contributed by atoms with Crippen LogP contribution in [0.15, 0.2) is 11.8 Å². The van der Waals surface area contributed by atoms with Crippen LogP contribution >= 0.6 is 0 Å². The molecule has 0 atom stereocenters. The number of rotatable bonds is 2. The molecule has 0 saturated carbocycles. The lowest BCUT2D eigenvalue weighted by atomic mass is 9.93. The second-order valence-corrected chi connectivity index (χ2v) is 3.48. The van der Waals surface area contributed by atoms with Gasteiger partial charge in [0.25, 0.3) is 6.43 Å². The van der Waals surface area contributed by atoms with Gasteiger partial charge in [-0.15, -0.1) is 0 Å². The molecule has 0 bridgehead atoms. The number of ketones is 1. The zero-order valence-corrected chi connectivity index (χ0v) is 7.27. The number of allylic oxidation sites excluding steroid dienone is 2. The van der Waals surface area contributed by atoms with E-state index in [1.54, 1.807) is 20.8 Å². The molecule has 0 aromatic heterocycles. The highest BCUT2D eigenvalue weighted by Gasteiger charge is 2.20. The Balaban J connectivity index is 4.48. The largest absolute Gasteiger partial charge is 0.512 e. The van der Waals surface area contributed by atoms with E-state index < -0.39 is 17.6 Å². The van der Waals surface area contributed by atoms with E-state index in [1.165, 1.54) is 0 Å². The van der Waals surface area contributed by atoms with Crippen molar-refractivity contribution in [2.45, 2.75) is 27.2 Å².